The first-order valence-electron chi connectivity index (χ1n) is 14.0. The van der Waals surface area contributed by atoms with Crippen LogP contribution in [0.5, 0.6) is 0 Å². The summed E-state index contributed by atoms with van der Waals surface area (Å²) in [4.78, 5) is 16.7. The molecule has 0 bridgehead atoms. The van der Waals surface area contributed by atoms with Gasteiger partial charge in [-0.2, -0.15) is 0 Å². The van der Waals surface area contributed by atoms with E-state index in [1.807, 2.05) is 50.4 Å². The summed E-state index contributed by atoms with van der Waals surface area (Å²) in [6, 6.07) is 25.9. The van der Waals surface area contributed by atoms with E-state index in [0.717, 1.165) is 48.1 Å². The monoisotopic (exact) mass is 525 g/mol. The topological polar surface area (TPSA) is 77.2 Å². The number of aromatic nitrogens is 1. The van der Waals surface area contributed by atoms with Gasteiger partial charge in [-0.15, -0.1) is 0 Å². The molecule has 0 fully saturated rings. The molecule has 2 atom stereocenters. The van der Waals surface area contributed by atoms with Gasteiger partial charge in [-0.05, 0) is 42.5 Å². The van der Waals surface area contributed by atoms with Crippen molar-refractivity contribution in [2.24, 2.45) is 0 Å². The van der Waals surface area contributed by atoms with Crippen LogP contribution in [0, 0.1) is 0 Å². The van der Waals surface area contributed by atoms with Gasteiger partial charge in [0.1, 0.15) is 5.82 Å². The van der Waals surface area contributed by atoms with Gasteiger partial charge in [0.05, 0.1) is 18.6 Å². The Hall–Kier alpha value is -3.83. The third kappa shape index (κ3) is 8.08. The molecule has 1 heterocycles. The van der Waals surface area contributed by atoms with Crippen molar-refractivity contribution in [3.8, 4) is 0 Å². The number of allylic oxidation sites excluding steroid dienone is 2. The predicted molar refractivity (Wildman–Crippen MR) is 164 cm³/mol. The highest BCUT2D eigenvalue weighted by molar-refractivity contribution is 5.89. The summed E-state index contributed by atoms with van der Waals surface area (Å²) in [5, 5.41) is 17.4. The fraction of sp³-hybridized carbons (Fsp3) is 0.324. The quantitative estimate of drug-likeness (QED) is 0.153. The molecule has 0 saturated carbocycles. The number of carbonyl (C=O) groups is 1. The van der Waals surface area contributed by atoms with E-state index in [1.165, 1.54) is 16.5 Å². The number of aromatic amines is 1. The standard InChI is InChI=1S/C29H33N3O2.C5H10/c1-3-9-23(29(34)32-27(19-33)22-10-5-4-6-11-22)21-16-14-20(15-17-21)18-25-24-12-7-8-13-26(24)31-28(25)30-2;1-3-5-4-2/h4-8,10-17,23,27,30-31,33H,3,9,18-19H2,1-2H3,(H,32,34);3,5H,4H2,1-2H3/b;5-3+/t23?,27-;/m0./s1. The van der Waals surface area contributed by atoms with Gasteiger partial charge in [0.15, 0.2) is 0 Å². The van der Waals surface area contributed by atoms with E-state index in [-0.39, 0.29) is 18.4 Å². The van der Waals surface area contributed by atoms with E-state index in [2.05, 4.69) is 84.1 Å². The van der Waals surface area contributed by atoms with Crippen LogP contribution < -0.4 is 10.6 Å². The van der Waals surface area contributed by atoms with Crippen molar-refractivity contribution in [1.82, 2.24) is 10.3 Å². The average Bonchev–Trinajstić information content (AvgIpc) is 3.33. The van der Waals surface area contributed by atoms with Gasteiger partial charge in [0.2, 0.25) is 5.91 Å². The van der Waals surface area contributed by atoms with Gasteiger partial charge in [0, 0.05) is 29.9 Å². The third-order valence-electron chi connectivity index (χ3n) is 6.89. The summed E-state index contributed by atoms with van der Waals surface area (Å²) >= 11 is 0. The third-order valence-corrected chi connectivity index (χ3v) is 6.89. The normalized spacial score (nSPS) is 12.5. The average molecular weight is 526 g/mol. The Balaban J connectivity index is 0.000000771. The Labute approximate surface area is 233 Å². The fourth-order valence-electron chi connectivity index (χ4n) is 4.83. The molecule has 39 heavy (non-hydrogen) atoms. The van der Waals surface area contributed by atoms with E-state index in [4.69, 9.17) is 0 Å². The van der Waals surface area contributed by atoms with Crippen LogP contribution in [0.4, 0.5) is 5.82 Å². The lowest BCUT2D eigenvalue weighted by Crippen LogP contribution is -2.34. The molecule has 5 nitrogen and oxygen atoms in total. The van der Waals surface area contributed by atoms with E-state index in [0.29, 0.717) is 0 Å². The molecule has 0 spiro atoms. The number of hydrogen-bond acceptors (Lipinski definition) is 3. The molecule has 1 aromatic heterocycles. The van der Waals surface area contributed by atoms with Crippen molar-refractivity contribution in [2.75, 3.05) is 19.0 Å². The summed E-state index contributed by atoms with van der Waals surface area (Å²) in [5.41, 5.74) is 5.46. The second-order valence-electron chi connectivity index (χ2n) is 9.67. The number of hydrogen-bond donors (Lipinski definition) is 4. The number of carbonyl (C=O) groups excluding carboxylic acids is 1. The minimum atomic E-state index is -0.408. The van der Waals surface area contributed by atoms with Gasteiger partial charge in [-0.3, -0.25) is 4.79 Å². The van der Waals surface area contributed by atoms with Crippen LogP contribution in [-0.2, 0) is 11.2 Å². The first kappa shape index (κ1) is 29.7. The number of amides is 1. The smallest absolute Gasteiger partial charge is 0.228 e. The van der Waals surface area contributed by atoms with Crippen molar-refractivity contribution in [1.29, 1.82) is 0 Å². The van der Waals surface area contributed by atoms with E-state index < -0.39 is 6.04 Å². The molecule has 0 aliphatic heterocycles. The van der Waals surface area contributed by atoms with E-state index in [9.17, 15) is 9.90 Å². The molecule has 4 aromatic rings. The molecule has 3 aromatic carbocycles. The summed E-state index contributed by atoms with van der Waals surface area (Å²) in [7, 11) is 1.93. The lowest BCUT2D eigenvalue weighted by atomic mass is 9.91. The van der Waals surface area contributed by atoms with Gasteiger partial charge in [-0.1, -0.05) is 105 Å². The first-order chi connectivity index (χ1) is 19.1. The number of nitrogens with one attached hydrogen (secondary N) is 3. The van der Waals surface area contributed by atoms with Crippen LogP contribution in [0.3, 0.4) is 0 Å². The molecular formula is C34H43N3O2. The lowest BCUT2D eigenvalue weighted by Gasteiger charge is -2.22. The Morgan fingerprint density at radius 3 is 2.23 bits per heavy atom. The summed E-state index contributed by atoms with van der Waals surface area (Å²) in [5.74, 6) is 0.730. The number of H-pyrrole nitrogens is 1. The van der Waals surface area contributed by atoms with Crippen molar-refractivity contribution in [3.05, 3.63) is 113 Å². The number of aliphatic hydroxyl groups is 1. The van der Waals surface area contributed by atoms with Gasteiger partial charge in [-0.25, -0.2) is 0 Å². The van der Waals surface area contributed by atoms with Crippen LogP contribution in [0.25, 0.3) is 10.9 Å². The van der Waals surface area contributed by atoms with Crippen LogP contribution in [-0.4, -0.2) is 29.7 Å². The van der Waals surface area contributed by atoms with Gasteiger partial charge >= 0.3 is 0 Å². The molecule has 0 saturated heterocycles. The number of benzene rings is 3. The fourth-order valence-corrected chi connectivity index (χ4v) is 4.83. The zero-order valence-electron chi connectivity index (χ0n) is 23.7. The SMILES string of the molecule is C/C=C/CC.CCCC(C(=O)N[C@@H](CO)c1ccccc1)c1ccc(Cc2c(NC)[nH]c3ccccc23)cc1. The molecule has 206 valence electrons. The van der Waals surface area contributed by atoms with E-state index in [1.54, 1.807) is 0 Å². The highest BCUT2D eigenvalue weighted by Crippen LogP contribution is 2.29. The van der Waals surface area contributed by atoms with Crippen molar-refractivity contribution < 1.29 is 9.90 Å². The van der Waals surface area contributed by atoms with Crippen molar-refractivity contribution in [3.63, 3.8) is 0 Å². The molecule has 4 N–H and O–H groups in total. The van der Waals surface area contributed by atoms with Crippen molar-refractivity contribution >= 4 is 22.6 Å². The van der Waals surface area contributed by atoms with Crippen LogP contribution in [0.1, 0.15) is 74.2 Å². The molecular weight excluding hydrogens is 482 g/mol. The van der Waals surface area contributed by atoms with Crippen LogP contribution in [0.15, 0.2) is 91.0 Å². The number of aliphatic hydroxyl groups excluding tert-OH is 1. The zero-order valence-corrected chi connectivity index (χ0v) is 23.7. The first-order valence-corrected chi connectivity index (χ1v) is 14.0. The second-order valence-corrected chi connectivity index (χ2v) is 9.67. The molecule has 0 aliphatic carbocycles. The molecule has 0 radical (unpaired) electrons. The number of anilines is 1. The predicted octanol–water partition coefficient (Wildman–Crippen LogP) is 7.51. The summed E-state index contributed by atoms with van der Waals surface area (Å²) < 4.78 is 0. The Bertz CT molecular complexity index is 1310. The van der Waals surface area contributed by atoms with E-state index >= 15 is 0 Å². The van der Waals surface area contributed by atoms with Crippen LogP contribution >= 0.6 is 0 Å². The Morgan fingerprint density at radius 2 is 1.64 bits per heavy atom. The maximum absolute atomic E-state index is 13.2. The zero-order chi connectivity index (χ0) is 28.0. The summed E-state index contributed by atoms with van der Waals surface area (Å²) in [6.07, 6.45) is 7.79. The molecule has 1 amide bonds. The summed E-state index contributed by atoms with van der Waals surface area (Å²) in [6.45, 7) is 6.11. The second kappa shape index (κ2) is 15.6. The number of para-hydroxylation sites is 1. The highest BCUT2D eigenvalue weighted by atomic mass is 16.3. The van der Waals surface area contributed by atoms with Crippen molar-refractivity contribution in [2.45, 2.75) is 58.4 Å². The lowest BCUT2D eigenvalue weighted by molar-refractivity contribution is -0.123. The highest BCUT2D eigenvalue weighted by Gasteiger charge is 2.23. The maximum atomic E-state index is 13.2. The Morgan fingerprint density at radius 1 is 0.949 bits per heavy atom. The molecule has 4 rings (SSSR count). The molecule has 5 heteroatoms. The minimum Gasteiger partial charge on any atom is -0.394 e. The Kier molecular flexibility index (Phi) is 11.9. The van der Waals surface area contributed by atoms with Gasteiger partial charge in [0.25, 0.3) is 0 Å². The molecule has 1 unspecified atom stereocenters. The molecule has 0 aliphatic rings. The maximum Gasteiger partial charge on any atom is 0.228 e. The number of fused-ring (bicyclic) bond motifs is 1. The van der Waals surface area contributed by atoms with Crippen LogP contribution in [0.2, 0.25) is 0 Å². The minimum absolute atomic E-state index is 0.0494. The largest absolute Gasteiger partial charge is 0.394 e. The van der Waals surface area contributed by atoms with Gasteiger partial charge < -0.3 is 20.7 Å². The number of rotatable bonds is 11.